The number of halogens is 2. The third-order valence-electron chi connectivity index (χ3n) is 7.55. The van der Waals surface area contributed by atoms with Crippen LogP contribution in [0.3, 0.4) is 0 Å². The number of fused-ring (bicyclic) bond motifs is 3. The average Bonchev–Trinajstić information content (AvgIpc) is 3.54. The fourth-order valence-electron chi connectivity index (χ4n) is 5.42. The van der Waals surface area contributed by atoms with Gasteiger partial charge in [-0.15, -0.1) is 10.2 Å². The summed E-state index contributed by atoms with van der Waals surface area (Å²) in [5.74, 6) is 1.77. The van der Waals surface area contributed by atoms with E-state index >= 15 is 0 Å². The van der Waals surface area contributed by atoms with Crippen molar-refractivity contribution >= 4 is 17.5 Å². The maximum atomic E-state index is 14.9. The molecule has 0 bridgehead atoms. The van der Waals surface area contributed by atoms with Crippen molar-refractivity contribution in [3.05, 3.63) is 40.4 Å². The van der Waals surface area contributed by atoms with Crippen LogP contribution in [0.4, 0.5) is 4.39 Å². The molecule has 1 saturated carbocycles. The molecule has 178 valence electrons. The van der Waals surface area contributed by atoms with Gasteiger partial charge in [0.1, 0.15) is 11.2 Å². The molecule has 10 heteroatoms. The van der Waals surface area contributed by atoms with Gasteiger partial charge in [0.05, 0.1) is 31.5 Å². The summed E-state index contributed by atoms with van der Waals surface area (Å²) in [6, 6.07) is 7.99. The van der Waals surface area contributed by atoms with Gasteiger partial charge in [-0.05, 0) is 49.4 Å². The molecule has 4 heterocycles. The molecule has 3 fully saturated rings. The Hall–Kier alpha value is -2.54. The molecular formula is C24H26ClFN6O2. The Morgan fingerprint density at radius 2 is 2.00 bits per heavy atom. The van der Waals surface area contributed by atoms with Crippen LogP contribution in [0.2, 0.25) is 5.02 Å². The predicted molar refractivity (Wildman–Crippen MR) is 121 cm³/mol. The highest BCUT2D eigenvalue weighted by atomic mass is 35.5. The highest BCUT2D eigenvalue weighted by Gasteiger charge is 2.53. The van der Waals surface area contributed by atoms with Crippen LogP contribution in [-0.2, 0) is 22.6 Å². The lowest BCUT2D eigenvalue weighted by atomic mass is 9.94. The van der Waals surface area contributed by atoms with Crippen molar-refractivity contribution in [3.8, 4) is 11.8 Å². The van der Waals surface area contributed by atoms with E-state index in [9.17, 15) is 14.4 Å². The second-order valence-corrected chi connectivity index (χ2v) is 10.6. The van der Waals surface area contributed by atoms with E-state index in [2.05, 4.69) is 20.8 Å². The van der Waals surface area contributed by atoms with E-state index in [4.69, 9.17) is 16.3 Å². The molecule has 0 unspecified atom stereocenters. The van der Waals surface area contributed by atoms with Crippen LogP contribution in [0.15, 0.2) is 18.2 Å². The fourth-order valence-corrected chi connectivity index (χ4v) is 5.62. The maximum absolute atomic E-state index is 14.9. The summed E-state index contributed by atoms with van der Waals surface area (Å²) in [6.45, 7) is 2.77. The number of rotatable bonds is 4. The summed E-state index contributed by atoms with van der Waals surface area (Å²) in [5.41, 5.74) is -0.133. The van der Waals surface area contributed by atoms with Crippen molar-refractivity contribution < 1.29 is 13.9 Å². The molecule has 4 aliphatic rings. The first-order valence-electron chi connectivity index (χ1n) is 11.8. The van der Waals surface area contributed by atoms with Gasteiger partial charge in [-0.3, -0.25) is 14.3 Å². The lowest BCUT2D eigenvalue weighted by molar-refractivity contribution is -0.142. The fraction of sp³-hybridized carbons (Fsp3) is 0.583. The van der Waals surface area contributed by atoms with Gasteiger partial charge in [0, 0.05) is 37.1 Å². The van der Waals surface area contributed by atoms with Crippen LogP contribution >= 0.6 is 11.6 Å². The zero-order chi connectivity index (χ0) is 23.5. The van der Waals surface area contributed by atoms with Crippen LogP contribution in [-0.4, -0.2) is 69.0 Å². The third-order valence-corrected chi connectivity index (χ3v) is 7.78. The molecule has 34 heavy (non-hydrogen) atoms. The number of likely N-dealkylation sites (tertiary alicyclic amines) is 1. The van der Waals surface area contributed by atoms with Crippen molar-refractivity contribution in [2.24, 2.45) is 5.41 Å². The number of aromatic nitrogens is 3. The minimum absolute atomic E-state index is 0.0238. The molecule has 1 aliphatic carbocycles. The van der Waals surface area contributed by atoms with E-state index in [0.717, 1.165) is 35.7 Å². The molecule has 0 spiro atoms. The second kappa shape index (κ2) is 8.01. The van der Waals surface area contributed by atoms with E-state index in [1.165, 1.54) is 0 Å². The first kappa shape index (κ1) is 22.0. The van der Waals surface area contributed by atoms with Crippen LogP contribution < -0.4 is 0 Å². The van der Waals surface area contributed by atoms with Crippen molar-refractivity contribution in [1.82, 2.24) is 24.6 Å². The van der Waals surface area contributed by atoms with E-state index < -0.39 is 11.1 Å². The quantitative estimate of drug-likeness (QED) is 0.663. The van der Waals surface area contributed by atoms with Gasteiger partial charge in [0.25, 0.3) is 0 Å². The number of hydrogen-bond donors (Lipinski definition) is 0. The van der Waals surface area contributed by atoms with E-state index in [-0.39, 0.29) is 31.6 Å². The monoisotopic (exact) mass is 484 g/mol. The first-order chi connectivity index (χ1) is 16.4. The molecule has 1 amide bonds. The molecule has 1 aromatic heterocycles. The summed E-state index contributed by atoms with van der Waals surface area (Å²) >= 11 is 6.32. The summed E-state index contributed by atoms with van der Waals surface area (Å²) in [6.07, 6.45) is 2.87. The number of carbonyl (C=O) groups excluding carboxylic acids is 1. The van der Waals surface area contributed by atoms with Crippen LogP contribution in [0.25, 0.3) is 5.69 Å². The van der Waals surface area contributed by atoms with Gasteiger partial charge in [-0.1, -0.05) is 11.6 Å². The Bertz CT molecular complexity index is 1180. The highest BCUT2D eigenvalue weighted by molar-refractivity contribution is 6.30. The molecule has 2 saturated heterocycles. The normalized spacial score (nSPS) is 23.3. The standard InChI is InChI=1S/C24H26ClFN6O2/c25-18-1-2-19-17(9-18)10-30(13-24(26)14-34-15-24)11-20-28-29-21(32(19)20)16-3-7-31(8-4-16)22(33)23(12-27)5-6-23/h1-2,9,16H,3-8,10-11,13-15H2. The zero-order valence-electron chi connectivity index (χ0n) is 18.8. The molecule has 0 atom stereocenters. The predicted octanol–water partition coefficient (Wildman–Crippen LogP) is 2.98. The number of ether oxygens (including phenoxy) is 1. The van der Waals surface area contributed by atoms with Gasteiger partial charge in [-0.25, -0.2) is 4.39 Å². The van der Waals surface area contributed by atoms with Crippen LogP contribution in [0.5, 0.6) is 0 Å². The van der Waals surface area contributed by atoms with Crippen LogP contribution in [0.1, 0.15) is 48.8 Å². The molecule has 2 aromatic rings. The third kappa shape index (κ3) is 3.69. The molecule has 0 radical (unpaired) electrons. The summed E-state index contributed by atoms with van der Waals surface area (Å²) in [7, 11) is 0. The Morgan fingerprint density at radius 1 is 1.24 bits per heavy atom. The lowest BCUT2D eigenvalue weighted by Gasteiger charge is -2.37. The van der Waals surface area contributed by atoms with Gasteiger partial charge in [-0.2, -0.15) is 5.26 Å². The molecule has 3 aliphatic heterocycles. The summed E-state index contributed by atoms with van der Waals surface area (Å²) in [4.78, 5) is 16.7. The first-order valence-corrected chi connectivity index (χ1v) is 12.2. The second-order valence-electron chi connectivity index (χ2n) is 10.1. The molecule has 6 rings (SSSR count). The SMILES string of the molecule is N#CC1(C(=O)N2CCC(c3nnc4n3-c3ccc(Cl)cc3CN(CC3(F)COC3)C4)CC2)CC1. The van der Waals surface area contributed by atoms with Gasteiger partial charge in [0.15, 0.2) is 11.5 Å². The highest BCUT2D eigenvalue weighted by Crippen LogP contribution is 2.47. The maximum Gasteiger partial charge on any atom is 0.243 e. The smallest absolute Gasteiger partial charge is 0.243 e. The van der Waals surface area contributed by atoms with Crippen molar-refractivity contribution in [3.63, 3.8) is 0 Å². The Morgan fingerprint density at radius 3 is 2.65 bits per heavy atom. The van der Waals surface area contributed by atoms with Crippen molar-refractivity contribution in [2.75, 3.05) is 32.8 Å². The minimum atomic E-state index is -1.33. The number of hydrogen-bond acceptors (Lipinski definition) is 6. The largest absolute Gasteiger partial charge is 0.375 e. The molecule has 1 aromatic carbocycles. The summed E-state index contributed by atoms with van der Waals surface area (Å²) in [5, 5.41) is 19.1. The van der Waals surface area contributed by atoms with Crippen molar-refractivity contribution in [2.45, 2.75) is 50.4 Å². The molecule has 0 N–H and O–H groups in total. The number of amides is 1. The zero-order valence-corrected chi connectivity index (χ0v) is 19.6. The number of carbonyl (C=O) groups is 1. The average molecular weight is 485 g/mol. The number of alkyl halides is 1. The van der Waals surface area contributed by atoms with Gasteiger partial charge >= 0.3 is 0 Å². The number of nitrogens with zero attached hydrogens (tertiary/aromatic N) is 6. The van der Waals surface area contributed by atoms with Gasteiger partial charge in [0.2, 0.25) is 5.91 Å². The Labute approximate surface area is 202 Å². The lowest BCUT2D eigenvalue weighted by Crippen LogP contribution is -2.53. The Kier molecular flexibility index (Phi) is 5.17. The summed E-state index contributed by atoms with van der Waals surface area (Å²) < 4.78 is 22.1. The van der Waals surface area contributed by atoms with E-state index in [1.807, 2.05) is 28.0 Å². The van der Waals surface area contributed by atoms with Crippen LogP contribution in [0, 0.1) is 16.7 Å². The number of benzene rings is 1. The van der Waals surface area contributed by atoms with Crippen molar-refractivity contribution in [1.29, 1.82) is 5.26 Å². The molecular weight excluding hydrogens is 459 g/mol. The number of piperidine rings is 1. The Balaban J connectivity index is 1.27. The number of nitriles is 1. The minimum Gasteiger partial charge on any atom is -0.375 e. The van der Waals surface area contributed by atoms with Gasteiger partial charge < -0.3 is 9.64 Å². The topological polar surface area (TPSA) is 87.3 Å². The molecule has 8 nitrogen and oxygen atoms in total. The van der Waals surface area contributed by atoms with E-state index in [1.54, 1.807) is 0 Å². The van der Waals surface area contributed by atoms with E-state index in [0.29, 0.717) is 44.0 Å².